The number of hydrogen-bond acceptors (Lipinski definition) is 4. The first-order valence-corrected chi connectivity index (χ1v) is 7.57. The van der Waals surface area contributed by atoms with Crippen molar-refractivity contribution in [2.75, 3.05) is 32.1 Å². The molecule has 20 heavy (non-hydrogen) atoms. The summed E-state index contributed by atoms with van der Waals surface area (Å²) < 4.78 is 2.11. The lowest BCUT2D eigenvalue weighted by atomic mass is 10.3. The van der Waals surface area contributed by atoms with Crippen molar-refractivity contribution in [2.24, 2.45) is 0 Å². The van der Waals surface area contributed by atoms with Gasteiger partial charge in [0.25, 0.3) is 0 Å². The number of rotatable bonds is 4. The van der Waals surface area contributed by atoms with E-state index in [4.69, 9.17) is 0 Å². The Bertz CT molecular complexity index is 602. The van der Waals surface area contributed by atoms with Crippen molar-refractivity contribution in [3.05, 3.63) is 22.7 Å². The SMILES string of the molecule is CC(=O)N(CCN(C)C)c1nc2ccc(Br)cc2s1.Cl. The molecule has 1 aromatic carbocycles. The zero-order valence-electron chi connectivity index (χ0n) is 11.6. The molecule has 0 radical (unpaired) electrons. The standard InChI is InChI=1S/C13H16BrN3OS.ClH/c1-9(18)17(7-6-16(2)3)13-15-11-5-4-10(14)8-12(11)19-13;/h4-5,8H,6-7H2,1-3H3;1H. The molecule has 1 amide bonds. The summed E-state index contributed by atoms with van der Waals surface area (Å²) in [6.07, 6.45) is 0. The molecule has 0 aliphatic carbocycles. The average molecular weight is 379 g/mol. The number of halogens is 2. The zero-order chi connectivity index (χ0) is 14.0. The van der Waals surface area contributed by atoms with Crippen LogP contribution in [0.25, 0.3) is 10.2 Å². The number of likely N-dealkylation sites (N-methyl/N-ethyl adjacent to an activating group) is 1. The van der Waals surface area contributed by atoms with Gasteiger partial charge in [0.05, 0.1) is 10.2 Å². The van der Waals surface area contributed by atoms with E-state index in [9.17, 15) is 4.79 Å². The van der Waals surface area contributed by atoms with E-state index in [-0.39, 0.29) is 18.3 Å². The second kappa shape index (κ2) is 7.36. The van der Waals surface area contributed by atoms with E-state index in [1.165, 1.54) is 0 Å². The number of fused-ring (bicyclic) bond motifs is 1. The van der Waals surface area contributed by atoms with Crippen molar-refractivity contribution in [3.63, 3.8) is 0 Å². The van der Waals surface area contributed by atoms with Crippen LogP contribution in [0, 0.1) is 0 Å². The molecule has 110 valence electrons. The molecule has 0 N–H and O–H groups in total. The van der Waals surface area contributed by atoms with Crippen molar-refractivity contribution < 1.29 is 4.79 Å². The van der Waals surface area contributed by atoms with Gasteiger partial charge in [-0.1, -0.05) is 27.3 Å². The highest BCUT2D eigenvalue weighted by molar-refractivity contribution is 9.10. The molecular weight excluding hydrogens is 362 g/mol. The van der Waals surface area contributed by atoms with E-state index < -0.39 is 0 Å². The topological polar surface area (TPSA) is 36.4 Å². The maximum absolute atomic E-state index is 11.8. The number of thiazole rings is 1. The highest BCUT2D eigenvalue weighted by Crippen LogP contribution is 2.30. The molecule has 0 saturated carbocycles. The second-order valence-electron chi connectivity index (χ2n) is 4.58. The summed E-state index contributed by atoms with van der Waals surface area (Å²) in [5, 5.41) is 0.766. The second-order valence-corrected chi connectivity index (χ2v) is 6.51. The van der Waals surface area contributed by atoms with E-state index in [0.29, 0.717) is 6.54 Å². The largest absolute Gasteiger partial charge is 0.308 e. The Hall–Kier alpha value is -0.690. The van der Waals surface area contributed by atoms with E-state index in [0.717, 1.165) is 26.4 Å². The highest BCUT2D eigenvalue weighted by Gasteiger charge is 2.16. The van der Waals surface area contributed by atoms with Crippen LogP contribution in [0.3, 0.4) is 0 Å². The van der Waals surface area contributed by atoms with Crippen molar-refractivity contribution >= 4 is 60.9 Å². The Balaban J connectivity index is 0.00000200. The van der Waals surface area contributed by atoms with Crippen LogP contribution >= 0.6 is 39.7 Å². The Morgan fingerprint density at radius 1 is 1.35 bits per heavy atom. The maximum atomic E-state index is 11.8. The summed E-state index contributed by atoms with van der Waals surface area (Å²) in [6, 6.07) is 5.95. The molecule has 4 nitrogen and oxygen atoms in total. The van der Waals surface area contributed by atoms with E-state index in [1.807, 2.05) is 32.3 Å². The minimum absolute atomic E-state index is 0. The molecule has 1 heterocycles. The number of aromatic nitrogens is 1. The first-order valence-electron chi connectivity index (χ1n) is 5.96. The number of amides is 1. The molecule has 0 aliphatic heterocycles. The lowest BCUT2D eigenvalue weighted by Crippen LogP contribution is -2.35. The van der Waals surface area contributed by atoms with Crippen molar-refractivity contribution in [1.82, 2.24) is 9.88 Å². The lowest BCUT2D eigenvalue weighted by Gasteiger charge is -2.20. The molecule has 0 fully saturated rings. The molecular formula is C13H17BrClN3OS. The van der Waals surface area contributed by atoms with E-state index in [1.54, 1.807) is 23.2 Å². The smallest absolute Gasteiger partial charge is 0.225 e. The molecule has 1 aromatic heterocycles. The van der Waals surface area contributed by atoms with Crippen LogP contribution < -0.4 is 4.90 Å². The Morgan fingerprint density at radius 3 is 2.65 bits per heavy atom. The van der Waals surface area contributed by atoms with Gasteiger partial charge in [-0.15, -0.1) is 12.4 Å². The third-order valence-electron chi connectivity index (χ3n) is 2.72. The monoisotopic (exact) mass is 377 g/mol. The molecule has 0 unspecified atom stereocenters. The fourth-order valence-electron chi connectivity index (χ4n) is 1.69. The molecule has 0 atom stereocenters. The first-order chi connectivity index (χ1) is 8.97. The van der Waals surface area contributed by atoms with Crippen LogP contribution in [0.4, 0.5) is 5.13 Å². The van der Waals surface area contributed by atoms with Crippen molar-refractivity contribution in [3.8, 4) is 0 Å². The summed E-state index contributed by atoms with van der Waals surface area (Å²) in [6.45, 7) is 3.06. The predicted molar refractivity (Wildman–Crippen MR) is 91.1 cm³/mol. The third kappa shape index (κ3) is 4.15. The summed E-state index contributed by atoms with van der Waals surface area (Å²) in [4.78, 5) is 20.1. The van der Waals surface area contributed by atoms with Gasteiger partial charge < -0.3 is 4.90 Å². The highest BCUT2D eigenvalue weighted by atomic mass is 79.9. The average Bonchev–Trinajstić information content (AvgIpc) is 2.70. The number of nitrogens with zero attached hydrogens (tertiary/aromatic N) is 3. The van der Waals surface area contributed by atoms with E-state index >= 15 is 0 Å². The van der Waals surface area contributed by atoms with Gasteiger partial charge in [0.2, 0.25) is 5.91 Å². The number of carbonyl (C=O) groups is 1. The molecule has 7 heteroatoms. The van der Waals surface area contributed by atoms with Gasteiger partial charge in [-0.25, -0.2) is 4.98 Å². The van der Waals surface area contributed by atoms with Gasteiger partial charge in [0.15, 0.2) is 5.13 Å². The lowest BCUT2D eigenvalue weighted by molar-refractivity contribution is -0.116. The zero-order valence-corrected chi connectivity index (χ0v) is 14.8. The van der Waals surface area contributed by atoms with Gasteiger partial charge in [0, 0.05) is 24.5 Å². The normalized spacial score (nSPS) is 10.7. The van der Waals surface area contributed by atoms with Crippen molar-refractivity contribution in [2.45, 2.75) is 6.92 Å². The number of hydrogen-bond donors (Lipinski definition) is 0. The molecule has 2 rings (SSSR count). The molecule has 0 aliphatic rings. The van der Waals surface area contributed by atoms with Gasteiger partial charge >= 0.3 is 0 Å². The number of anilines is 1. The summed E-state index contributed by atoms with van der Waals surface area (Å²) in [5.41, 5.74) is 0.930. The number of benzene rings is 1. The van der Waals surface area contributed by atoms with Crippen LogP contribution in [-0.4, -0.2) is 43.0 Å². The van der Waals surface area contributed by atoms with Gasteiger partial charge in [-0.3, -0.25) is 9.69 Å². The predicted octanol–water partition coefficient (Wildman–Crippen LogP) is 3.40. The Kier molecular flexibility index (Phi) is 6.39. The van der Waals surface area contributed by atoms with Gasteiger partial charge in [-0.05, 0) is 32.3 Å². The van der Waals surface area contributed by atoms with Gasteiger partial charge in [-0.2, -0.15) is 0 Å². The fraction of sp³-hybridized carbons (Fsp3) is 0.385. The van der Waals surface area contributed by atoms with Crippen molar-refractivity contribution in [1.29, 1.82) is 0 Å². The van der Waals surface area contributed by atoms with Crippen LogP contribution in [-0.2, 0) is 4.79 Å². The molecule has 0 bridgehead atoms. The summed E-state index contributed by atoms with van der Waals surface area (Å²) in [7, 11) is 3.99. The minimum Gasteiger partial charge on any atom is -0.308 e. The van der Waals surface area contributed by atoms with Gasteiger partial charge in [0.1, 0.15) is 0 Å². The van der Waals surface area contributed by atoms with Crippen LogP contribution in [0.2, 0.25) is 0 Å². The molecule has 0 spiro atoms. The third-order valence-corrected chi connectivity index (χ3v) is 4.26. The van der Waals surface area contributed by atoms with E-state index in [2.05, 4.69) is 25.8 Å². The molecule has 2 aromatic rings. The minimum atomic E-state index is 0. The maximum Gasteiger partial charge on any atom is 0.225 e. The fourth-order valence-corrected chi connectivity index (χ4v) is 3.28. The van der Waals surface area contributed by atoms with Crippen LogP contribution in [0.5, 0.6) is 0 Å². The Morgan fingerprint density at radius 2 is 2.05 bits per heavy atom. The summed E-state index contributed by atoms with van der Waals surface area (Å²) >= 11 is 4.99. The number of carbonyl (C=O) groups excluding carboxylic acids is 1. The quantitative estimate of drug-likeness (QED) is 0.818. The molecule has 0 saturated heterocycles. The van der Waals surface area contributed by atoms with Crippen LogP contribution in [0.1, 0.15) is 6.92 Å². The summed E-state index contributed by atoms with van der Waals surface area (Å²) in [5.74, 6) is 0.0278. The first kappa shape index (κ1) is 17.4. The van der Waals surface area contributed by atoms with Crippen LogP contribution in [0.15, 0.2) is 22.7 Å². The Labute approximate surface area is 137 Å².